The van der Waals surface area contributed by atoms with Crippen LogP contribution in [0.1, 0.15) is 24.1 Å². The van der Waals surface area contributed by atoms with E-state index in [9.17, 15) is 4.79 Å². The largest absolute Gasteiger partial charge is 0.369 e. The van der Waals surface area contributed by atoms with E-state index in [-0.39, 0.29) is 5.56 Å². The zero-order chi connectivity index (χ0) is 19.1. The fourth-order valence-corrected chi connectivity index (χ4v) is 4.42. The second kappa shape index (κ2) is 7.05. The summed E-state index contributed by atoms with van der Waals surface area (Å²) in [7, 11) is 1.74. The average Bonchev–Trinajstić information content (AvgIpc) is 3.14. The number of anilines is 1. The van der Waals surface area contributed by atoms with Crippen molar-refractivity contribution >= 4 is 16.6 Å². The van der Waals surface area contributed by atoms with Crippen LogP contribution in [0.15, 0.2) is 35.5 Å². The molecular formula is C21H26N6O. The molecule has 1 fully saturated rings. The van der Waals surface area contributed by atoms with E-state index < -0.39 is 0 Å². The maximum Gasteiger partial charge on any atom is 0.260 e. The Morgan fingerprint density at radius 2 is 1.93 bits per heavy atom. The van der Waals surface area contributed by atoms with E-state index in [1.165, 1.54) is 35.1 Å². The molecule has 4 heterocycles. The van der Waals surface area contributed by atoms with E-state index >= 15 is 0 Å². The molecule has 0 spiro atoms. The summed E-state index contributed by atoms with van der Waals surface area (Å²) in [6.45, 7) is 6.11. The minimum absolute atomic E-state index is 0.00544. The van der Waals surface area contributed by atoms with Crippen LogP contribution < -0.4 is 10.5 Å². The Labute approximate surface area is 164 Å². The number of fused-ring (bicyclic) bond motifs is 2. The third-order valence-electron chi connectivity index (χ3n) is 6.10. The van der Waals surface area contributed by atoms with Crippen molar-refractivity contribution in [2.24, 2.45) is 7.05 Å². The van der Waals surface area contributed by atoms with Crippen LogP contribution in [0.25, 0.3) is 10.9 Å². The van der Waals surface area contributed by atoms with Crippen LogP contribution in [0.2, 0.25) is 0 Å². The van der Waals surface area contributed by atoms with Crippen LogP contribution in [0.5, 0.6) is 0 Å². The first-order valence-electron chi connectivity index (χ1n) is 10.2. The van der Waals surface area contributed by atoms with E-state index in [1.807, 2.05) is 12.1 Å². The Morgan fingerprint density at radius 3 is 2.79 bits per heavy atom. The van der Waals surface area contributed by atoms with E-state index in [0.717, 1.165) is 50.5 Å². The third-order valence-corrected chi connectivity index (χ3v) is 6.10. The molecule has 0 saturated carbocycles. The quantitative estimate of drug-likeness (QED) is 0.695. The third kappa shape index (κ3) is 3.09. The van der Waals surface area contributed by atoms with Crippen molar-refractivity contribution in [2.45, 2.75) is 32.4 Å². The summed E-state index contributed by atoms with van der Waals surface area (Å²) in [4.78, 5) is 21.5. The zero-order valence-corrected chi connectivity index (χ0v) is 16.3. The summed E-state index contributed by atoms with van der Waals surface area (Å²) < 4.78 is 3.72. The lowest BCUT2D eigenvalue weighted by Gasteiger charge is -2.36. The van der Waals surface area contributed by atoms with Gasteiger partial charge in [-0.3, -0.25) is 14.4 Å². The lowest BCUT2D eigenvalue weighted by Crippen LogP contribution is -2.46. The molecule has 1 aromatic carbocycles. The molecule has 0 radical (unpaired) electrons. The zero-order valence-electron chi connectivity index (χ0n) is 16.3. The topological polar surface area (TPSA) is 59.2 Å². The Morgan fingerprint density at radius 1 is 1.07 bits per heavy atom. The van der Waals surface area contributed by atoms with Gasteiger partial charge in [-0.2, -0.15) is 5.10 Å². The monoisotopic (exact) mass is 378 g/mol. The molecule has 1 saturated heterocycles. The predicted octanol–water partition coefficient (Wildman–Crippen LogP) is 1.79. The number of benzene rings is 1. The normalized spacial score (nSPS) is 17.8. The Kier molecular flexibility index (Phi) is 4.39. The van der Waals surface area contributed by atoms with Gasteiger partial charge >= 0.3 is 0 Å². The van der Waals surface area contributed by atoms with Crippen molar-refractivity contribution in [1.82, 2.24) is 24.2 Å². The van der Waals surface area contributed by atoms with Crippen LogP contribution >= 0.6 is 0 Å². The molecule has 0 amide bonds. The molecule has 2 aliphatic rings. The van der Waals surface area contributed by atoms with Crippen molar-refractivity contribution in [2.75, 3.05) is 31.1 Å². The van der Waals surface area contributed by atoms with Gasteiger partial charge in [-0.25, -0.2) is 4.98 Å². The van der Waals surface area contributed by atoms with E-state index in [2.05, 4.69) is 36.8 Å². The number of aryl methyl sites for hydroxylation is 2. The van der Waals surface area contributed by atoms with Gasteiger partial charge in [0, 0.05) is 63.3 Å². The molecule has 5 rings (SSSR count). The fraction of sp³-hybridized carbons (Fsp3) is 0.476. The maximum absolute atomic E-state index is 12.2. The molecule has 2 aliphatic heterocycles. The van der Waals surface area contributed by atoms with Crippen molar-refractivity contribution in [3.63, 3.8) is 0 Å². The lowest BCUT2D eigenvalue weighted by molar-refractivity contribution is 0.248. The molecule has 0 aliphatic carbocycles. The number of piperazine rings is 1. The van der Waals surface area contributed by atoms with Gasteiger partial charge in [-0.1, -0.05) is 0 Å². The van der Waals surface area contributed by atoms with E-state index in [0.29, 0.717) is 5.39 Å². The molecule has 7 heteroatoms. The van der Waals surface area contributed by atoms with Gasteiger partial charge in [0.05, 0.1) is 23.4 Å². The minimum Gasteiger partial charge on any atom is -0.369 e. The molecule has 0 unspecified atom stereocenters. The van der Waals surface area contributed by atoms with Crippen LogP contribution in [0.4, 0.5) is 5.69 Å². The molecule has 2 aromatic heterocycles. The first-order valence-corrected chi connectivity index (χ1v) is 10.2. The van der Waals surface area contributed by atoms with Gasteiger partial charge in [-0.05, 0) is 37.5 Å². The summed E-state index contributed by atoms with van der Waals surface area (Å²) >= 11 is 0. The first kappa shape index (κ1) is 17.4. The summed E-state index contributed by atoms with van der Waals surface area (Å²) in [6, 6.07) is 6.00. The van der Waals surface area contributed by atoms with Crippen molar-refractivity contribution in [3.05, 3.63) is 52.3 Å². The van der Waals surface area contributed by atoms with Gasteiger partial charge in [-0.15, -0.1) is 0 Å². The number of aromatic nitrogens is 4. The lowest BCUT2D eigenvalue weighted by atomic mass is 10.1. The number of nitrogens with zero attached hydrogens (tertiary/aromatic N) is 6. The van der Waals surface area contributed by atoms with Crippen LogP contribution in [-0.2, 0) is 26.6 Å². The summed E-state index contributed by atoms with van der Waals surface area (Å²) in [5.41, 5.74) is 4.77. The molecule has 7 nitrogen and oxygen atoms in total. The molecule has 146 valence electrons. The van der Waals surface area contributed by atoms with Crippen molar-refractivity contribution < 1.29 is 0 Å². The smallest absolute Gasteiger partial charge is 0.260 e. The minimum atomic E-state index is 0.00544. The van der Waals surface area contributed by atoms with Crippen LogP contribution in [-0.4, -0.2) is 50.4 Å². The SMILES string of the molecule is Cn1cnc2cc(N3CCN(Cc4cnn5c4CCCC5)CC3)ccc2c1=O. The second-order valence-corrected chi connectivity index (χ2v) is 7.92. The Balaban J connectivity index is 1.27. The highest BCUT2D eigenvalue weighted by atomic mass is 16.1. The number of hydrogen-bond acceptors (Lipinski definition) is 5. The van der Waals surface area contributed by atoms with Gasteiger partial charge in [0.15, 0.2) is 0 Å². The molecular weight excluding hydrogens is 352 g/mol. The molecule has 0 atom stereocenters. The maximum atomic E-state index is 12.2. The highest BCUT2D eigenvalue weighted by Crippen LogP contribution is 2.23. The van der Waals surface area contributed by atoms with Gasteiger partial charge in [0.1, 0.15) is 0 Å². The number of hydrogen-bond donors (Lipinski definition) is 0. The van der Waals surface area contributed by atoms with Gasteiger partial charge in [0.2, 0.25) is 0 Å². The van der Waals surface area contributed by atoms with Gasteiger partial charge < -0.3 is 9.47 Å². The Hall–Kier alpha value is -2.67. The van der Waals surface area contributed by atoms with Gasteiger partial charge in [0.25, 0.3) is 5.56 Å². The second-order valence-electron chi connectivity index (χ2n) is 7.92. The Bertz CT molecular complexity index is 1060. The average molecular weight is 378 g/mol. The summed E-state index contributed by atoms with van der Waals surface area (Å²) in [6.07, 6.45) is 7.37. The fourth-order valence-electron chi connectivity index (χ4n) is 4.42. The van der Waals surface area contributed by atoms with E-state index in [4.69, 9.17) is 0 Å². The highest BCUT2D eigenvalue weighted by molar-refractivity contribution is 5.81. The van der Waals surface area contributed by atoms with E-state index in [1.54, 1.807) is 13.4 Å². The standard InChI is InChI=1S/C21H26N6O/c1-24-15-22-19-12-17(5-6-18(19)21(24)28)26-10-8-25(9-11-26)14-16-13-23-27-7-3-2-4-20(16)27/h5-6,12-13,15H,2-4,7-11,14H2,1H3. The summed E-state index contributed by atoms with van der Waals surface area (Å²) in [5.74, 6) is 0. The number of rotatable bonds is 3. The van der Waals surface area contributed by atoms with Crippen molar-refractivity contribution in [1.29, 1.82) is 0 Å². The first-order chi connectivity index (χ1) is 13.7. The molecule has 0 bridgehead atoms. The predicted molar refractivity (Wildman–Crippen MR) is 110 cm³/mol. The molecule has 3 aromatic rings. The molecule has 0 N–H and O–H groups in total. The van der Waals surface area contributed by atoms with Crippen LogP contribution in [0.3, 0.4) is 0 Å². The highest BCUT2D eigenvalue weighted by Gasteiger charge is 2.21. The van der Waals surface area contributed by atoms with Crippen molar-refractivity contribution in [3.8, 4) is 0 Å². The molecule has 28 heavy (non-hydrogen) atoms. The van der Waals surface area contributed by atoms with Crippen LogP contribution in [0, 0.1) is 0 Å². The summed E-state index contributed by atoms with van der Waals surface area (Å²) in [5, 5.41) is 5.25.